The molecule has 0 aliphatic rings. The van der Waals surface area contributed by atoms with Gasteiger partial charge in [0.1, 0.15) is 5.75 Å². The van der Waals surface area contributed by atoms with Crippen molar-refractivity contribution in [3.63, 3.8) is 0 Å². The molecule has 0 amide bonds. The maximum atomic E-state index is 12.3. The predicted octanol–water partition coefficient (Wildman–Crippen LogP) is 3.60. The van der Waals surface area contributed by atoms with Crippen LogP contribution in [0.1, 0.15) is 15.9 Å². The van der Waals surface area contributed by atoms with Crippen LogP contribution in [0.4, 0.5) is 0 Å². The van der Waals surface area contributed by atoms with E-state index in [1.165, 1.54) is 44.4 Å². The first kappa shape index (κ1) is 19.4. The van der Waals surface area contributed by atoms with Crippen molar-refractivity contribution in [3.05, 3.63) is 64.1 Å². The molecule has 5 nitrogen and oxygen atoms in total. The smallest absolute Gasteiger partial charge is 0.242 e. The molecule has 0 spiro atoms. The Labute approximate surface area is 156 Å². The fraction of sp³-hybridized carbons (Fsp3) is 0.167. The number of sulfonamides is 1. The predicted molar refractivity (Wildman–Crippen MR) is 101 cm³/mol. The molecule has 0 aromatic heterocycles. The summed E-state index contributed by atoms with van der Waals surface area (Å²) in [6.45, 7) is 0. The second kappa shape index (κ2) is 7.95. The van der Waals surface area contributed by atoms with E-state index in [4.69, 9.17) is 4.74 Å². The summed E-state index contributed by atoms with van der Waals surface area (Å²) in [6.07, 6.45) is 3.09. The van der Waals surface area contributed by atoms with Gasteiger partial charge in [0.2, 0.25) is 10.0 Å². The van der Waals surface area contributed by atoms with Crippen LogP contribution in [-0.4, -0.2) is 39.7 Å². The lowest BCUT2D eigenvalue weighted by Crippen LogP contribution is -2.22. The van der Waals surface area contributed by atoms with Crippen LogP contribution >= 0.6 is 15.9 Å². The van der Waals surface area contributed by atoms with Crippen LogP contribution in [-0.2, 0) is 10.0 Å². The number of allylic oxidation sites excluding steroid dienone is 1. The first-order chi connectivity index (χ1) is 11.8. The fourth-order valence-electron chi connectivity index (χ4n) is 2.10. The number of hydrogen-bond donors (Lipinski definition) is 0. The Hall–Kier alpha value is -1.96. The van der Waals surface area contributed by atoms with Crippen molar-refractivity contribution in [2.45, 2.75) is 4.90 Å². The first-order valence-corrected chi connectivity index (χ1v) is 9.57. The van der Waals surface area contributed by atoms with Crippen LogP contribution < -0.4 is 4.74 Å². The van der Waals surface area contributed by atoms with E-state index >= 15 is 0 Å². The summed E-state index contributed by atoms with van der Waals surface area (Å²) in [4.78, 5) is 12.4. The molecule has 0 radical (unpaired) electrons. The number of methoxy groups -OCH3 is 1. The van der Waals surface area contributed by atoms with Gasteiger partial charge in [-0.3, -0.25) is 4.79 Å². The van der Waals surface area contributed by atoms with Crippen LogP contribution in [0.2, 0.25) is 0 Å². The van der Waals surface area contributed by atoms with Crippen molar-refractivity contribution in [2.24, 2.45) is 0 Å². The quantitative estimate of drug-likeness (QED) is 0.525. The van der Waals surface area contributed by atoms with Crippen molar-refractivity contribution in [2.75, 3.05) is 21.2 Å². The highest BCUT2D eigenvalue weighted by molar-refractivity contribution is 9.10. The van der Waals surface area contributed by atoms with Gasteiger partial charge in [-0.05, 0) is 54.6 Å². The van der Waals surface area contributed by atoms with Gasteiger partial charge >= 0.3 is 0 Å². The maximum Gasteiger partial charge on any atom is 0.242 e. The first-order valence-electron chi connectivity index (χ1n) is 7.34. The molecule has 0 N–H and O–H groups in total. The van der Waals surface area contributed by atoms with Crippen LogP contribution in [0, 0.1) is 0 Å². The van der Waals surface area contributed by atoms with Gasteiger partial charge in [-0.25, -0.2) is 12.7 Å². The SMILES string of the molecule is COc1ccc(Br)cc1C=CC(=O)c1ccc(S(=O)(=O)N(C)C)cc1. The van der Waals surface area contributed by atoms with Crippen molar-refractivity contribution < 1.29 is 17.9 Å². The highest BCUT2D eigenvalue weighted by atomic mass is 79.9. The van der Waals surface area contributed by atoms with Crippen LogP contribution in [0.5, 0.6) is 5.75 Å². The lowest BCUT2D eigenvalue weighted by molar-refractivity contribution is 0.104. The monoisotopic (exact) mass is 423 g/mol. The summed E-state index contributed by atoms with van der Waals surface area (Å²) in [5.74, 6) is 0.426. The average Bonchev–Trinajstić information content (AvgIpc) is 2.59. The number of benzene rings is 2. The fourth-order valence-corrected chi connectivity index (χ4v) is 3.38. The molecule has 0 saturated carbocycles. The molecule has 7 heteroatoms. The van der Waals surface area contributed by atoms with E-state index in [-0.39, 0.29) is 10.7 Å². The van der Waals surface area contributed by atoms with Gasteiger partial charge in [-0.15, -0.1) is 0 Å². The number of rotatable bonds is 6. The van der Waals surface area contributed by atoms with E-state index in [1.807, 2.05) is 12.1 Å². The third kappa shape index (κ3) is 4.56. The second-order valence-electron chi connectivity index (χ2n) is 5.40. The number of ether oxygens (including phenoxy) is 1. The highest BCUT2D eigenvalue weighted by Crippen LogP contribution is 2.24. The van der Waals surface area contributed by atoms with E-state index in [0.29, 0.717) is 11.3 Å². The molecule has 25 heavy (non-hydrogen) atoms. The molecule has 0 aliphatic heterocycles. The molecule has 0 saturated heterocycles. The van der Waals surface area contributed by atoms with Gasteiger partial charge in [-0.2, -0.15) is 0 Å². The lowest BCUT2D eigenvalue weighted by Gasteiger charge is -2.11. The number of hydrogen-bond acceptors (Lipinski definition) is 4. The number of ketones is 1. The van der Waals surface area contributed by atoms with Crippen molar-refractivity contribution in [3.8, 4) is 5.75 Å². The summed E-state index contributed by atoms with van der Waals surface area (Å²) in [6, 6.07) is 11.3. The zero-order valence-electron chi connectivity index (χ0n) is 14.1. The molecular weight excluding hydrogens is 406 g/mol. The topological polar surface area (TPSA) is 63.7 Å². The molecule has 0 aliphatic carbocycles. The number of nitrogens with zero attached hydrogens (tertiary/aromatic N) is 1. The van der Waals surface area contributed by atoms with E-state index in [2.05, 4.69) is 15.9 Å². The molecule has 0 unspecified atom stereocenters. The number of halogens is 1. The summed E-state index contributed by atoms with van der Waals surface area (Å²) in [5, 5.41) is 0. The summed E-state index contributed by atoms with van der Waals surface area (Å²) >= 11 is 3.38. The van der Waals surface area contributed by atoms with E-state index < -0.39 is 10.0 Å². The Morgan fingerprint density at radius 3 is 2.32 bits per heavy atom. The molecule has 132 valence electrons. The molecule has 2 aromatic rings. The Morgan fingerprint density at radius 2 is 1.76 bits per heavy atom. The molecule has 0 bridgehead atoms. The minimum Gasteiger partial charge on any atom is -0.496 e. The second-order valence-corrected chi connectivity index (χ2v) is 8.46. The third-order valence-electron chi connectivity index (χ3n) is 3.52. The molecule has 0 atom stereocenters. The summed E-state index contributed by atoms with van der Waals surface area (Å²) in [5.41, 5.74) is 1.17. The van der Waals surface area contributed by atoms with Crippen molar-refractivity contribution in [1.29, 1.82) is 0 Å². The highest BCUT2D eigenvalue weighted by Gasteiger charge is 2.17. The Bertz CT molecular complexity index is 903. The zero-order valence-corrected chi connectivity index (χ0v) is 16.5. The lowest BCUT2D eigenvalue weighted by atomic mass is 10.1. The van der Waals surface area contributed by atoms with Crippen molar-refractivity contribution >= 4 is 37.8 Å². The Balaban J connectivity index is 2.23. The summed E-state index contributed by atoms with van der Waals surface area (Å²) in [7, 11) is 0.977. The van der Waals surface area contributed by atoms with Crippen molar-refractivity contribution in [1.82, 2.24) is 4.31 Å². The van der Waals surface area contributed by atoms with E-state index in [1.54, 1.807) is 19.3 Å². The molecule has 2 aromatic carbocycles. The van der Waals surface area contributed by atoms with Crippen LogP contribution in [0.25, 0.3) is 6.08 Å². The summed E-state index contributed by atoms with van der Waals surface area (Å²) < 4.78 is 31.3. The van der Waals surface area contributed by atoms with Gasteiger partial charge in [-0.1, -0.05) is 15.9 Å². The van der Waals surface area contributed by atoms with Gasteiger partial charge in [0.15, 0.2) is 5.78 Å². The van der Waals surface area contributed by atoms with Crippen LogP contribution in [0.15, 0.2) is 57.9 Å². The minimum atomic E-state index is -3.51. The molecular formula is C18H18BrNO4S. The largest absolute Gasteiger partial charge is 0.496 e. The molecule has 0 fully saturated rings. The third-order valence-corrected chi connectivity index (χ3v) is 5.85. The van der Waals surface area contributed by atoms with Crippen LogP contribution in [0.3, 0.4) is 0 Å². The van der Waals surface area contributed by atoms with E-state index in [0.717, 1.165) is 14.3 Å². The minimum absolute atomic E-state index is 0.145. The van der Waals surface area contributed by atoms with Gasteiger partial charge < -0.3 is 4.74 Å². The molecule has 2 rings (SSSR count). The van der Waals surface area contributed by atoms with Gasteiger partial charge in [0.05, 0.1) is 12.0 Å². The standard InChI is InChI=1S/C18H18BrNO4S/c1-20(2)25(22,23)16-8-4-13(5-9-16)17(21)10-6-14-12-15(19)7-11-18(14)24-3/h4-12H,1-3H3. The normalized spacial score (nSPS) is 11.9. The van der Waals surface area contributed by atoms with Gasteiger partial charge in [0, 0.05) is 29.7 Å². The van der Waals surface area contributed by atoms with E-state index in [9.17, 15) is 13.2 Å². The number of carbonyl (C=O) groups is 1. The average molecular weight is 424 g/mol. The maximum absolute atomic E-state index is 12.3. The Kier molecular flexibility index (Phi) is 6.16. The molecule has 0 heterocycles. The number of carbonyl (C=O) groups excluding carboxylic acids is 1. The zero-order chi connectivity index (χ0) is 18.6. The Morgan fingerprint density at radius 1 is 1.12 bits per heavy atom. The van der Waals surface area contributed by atoms with Gasteiger partial charge in [0.25, 0.3) is 0 Å².